The van der Waals surface area contributed by atoms with Gasteiger partial charge in [0.25, 0.3) is 0 Å². The first-order chi connectivity index (χ1) is 8.49. The molecular weight excluding hydrogens is 255 g/mol. The molecule has 0 aromatic rings. The normalized spacial score (nSPS) is 11.5. The molecule has 18 heavy (non-hydrogen) atoms. The minimum Gasteiger partial charge on any atom is -0.309 e. The second-order valence-corrected chi connectivity index (χ2v) is 5.96. The van der Waals surface area contributed by atoms with E-state index in [9.17, 15) is 14.2 Å². The van der Waals surface area contributed by atoms with Crippen molar-refractivity contribution in [2.75, 3.05) is 19.4 Å². The predicted octanol–water partition coefficient (Wildman–Crippen LogP) is 2.97. The highest BCUT2D eigenvalue weighted by Gasteiger charge is 2.30. The van der Waals surface area contributed by atoms with E-state index in [1.807, 2.05) is 6.92 Å². The topological polar surface area (TPSA) is 69.7 Å². The number of unbranched alkanes of at least 4 members (excludes halogenated alkanes) is 2. The summed E-state index contributed by atoms with van der Waals surface area (Å²) in [6.07, 6.45) is 2.35. The Hall–Kier alpha value is -0.510. The van der Waals surface area contributed by atoms with E-state index in [2.05, 4.69) is 0 Å². The first kappa shape index (κ1) is 17.5. The molecule has 0 fully saturated rings. The van der Waals surface area contributed by atoms with E-state index in [0.717, 1.165) is 12.8 Å². The fraction of sp³-hybridized carbons (Fsp3) is 0.833. The van der Waals surface area contributed by atoms with Gasteiger partial charge in [-0.05, 0) is 20.3 Å². The smallest absolute Gasteiger partial charge is 0.309 e. The molecule has 0 spiro atoms. The Labute approximate surface area is 109 Å². The lowest BCUT2D eigenvalue weighted by molar-refractivity contribution is -0.135. The van der Waals surface area contributed by atoms with Crippen LogP contribution >= 0.6 is 7.60 Å². The van der Waals surface area contributed by atoms with Gasteiger partial charge >= 0.3 is 7.60 Å². The Morgan fingerprint density at radius 2 is 1.50 bits per heavy atom. The minimum absolute atomic E-state index is 0.189. The van der Waals surface area contributed by atoms with Gasteiger partial charge in [-0.1, -0.05) is 19.8 Å². The molecule has 106 valence electrons. The van der Waals surface area contributed by atoms with E-state index in [1.54, 1.807) is 13.8 Å². The minimum atomic E-state index is -3.44. The summed E-state index contributed by atoms with van der Waals surface area (Å²) in [5.74, 6) is -1.14. The lowest BCUT2D eigenvalue weighted by Crippen LogP contribution is -2.19. The molecule has 0 saturated carbocycles. The third-order valence-corrected chi connectivity index (χ3v) is 4.28. The molecule has 0 aliphatic rings. The zero-order valence-electron chi connectivity index (χ0n) is 11.4. The maximum Gasteiger partial charge on any atom is 0.338 e. The third-order valence-electron chi connectivity index (χ3n) is 2.31. The van der Waals surface area contributed by atoms with E-state index in [4.69, 9.17) is 9.05 Å². The zero-order chi connectivity index (χ0) is 14.0. The van der Waals surface area contributed by atoms with Crippen molar-refractivity contribution in [2.24, 2.45) is 0 Å². The predicted molar refractivity (Wildman–Crippen MR) is 69.9 cm³/mol. The number of carbonyl (C=O) groups excluding carboxylic acids is 2. The molecule has 0 radical (unpaired) electrons. The first-order valence-electron chi connectivity index (χ1n) is 6.43. The Balaban J connectivity index is 4.32. The van der Waals surface area contributed by atoms with Crippen LogP contribution in [0.4, 0.5) is 0 Å². The average Bonchev–Trinajstić information content (AvgIpc) is 2.29. The number of hydrogen-bond acceptors (Lipinski definition) is 5. The van der Waals surface area contributed by atoms with Crippen LogP contribution in [0.5, 0.6) is 0 Å². The van der Waals surface area contributed by atoms with Crippen molar-refractivity contribution in [3.05, 3.63) is 0 Å². The van der Waals surface area contributed by atoms with Crippen molar-refractivity contribution < 1.29 is 23.2 Å². The maximum absolute atomic E-state index is 12.0. The summed E-state index contributed by atoms with van der Waals surface area (Å²) >= 11 is 0. The van der Waals surface area contributed by atoms with E-state index < -0.39 is 25.3 Å². The van der Waals surface area contributed by atoms with Gasteiger partial charge in [-0.15, -0.1) is 0 Å². The van der Waals surface area contributed by atoms with Crippen molar-refractivity contribution in [3.8, 4) is 0 Å². The van der Waals surface area contributed by atoms with Crippen molar-refractivity contribution in [1.82, 2.24) is 0 Å². The van der Waals surface area contributed by atoms with Gasteiger partial charge in [0.1, 0.15) is 6.16 Å². The molecule has 0 rings (SSSR count). The van der Waals surface area contributed by atoms with Gasteiger partial charge < -0.3 is 9.05 Å². The SMILES string of the molecule is CCCCCC(=O)C(=O)CP(=O)(OCC)OCC. The molecule has 0 saturated heterocycles. The summed E-state index contributed by atoms with van der Waals surface area (Å²) < 4.78 is 22.0. The van der Waals surface area contributed by atoms with Crippen LogP contribution < -0.4 is 0 Å². The Kier molecular flexibility index (Phi) is 9.16. The highest BCUT2D eigenvalue weighted by atomic mass is 31.2. The monoisotopic (exact) mass is 278 g/mol. The Morgan fingerprint density at radius 3 is 1.94 bits per heavy atom. The summed E-state index contributed by atoms with van der Waals surface area (Å²) in [6.45, 7) is 5.73. The van der Waals surface area contributed by atoms with E-state index >= 15 is 0 Å². The van der Waals surface area contributed by atoms with Gasteiger partial charge in [0.15, 0.2) is 5.78 Å². The van der Waals surface area contributed by atoms with Crippen molar-refractivity contribution in [1.29, 1.82) is 0 Å². The van der Waals surface area contributed by atoms with Crippen LogP contribution in [0, 0.1) is 0 Å². The van der Waals surface area contributed by atoms with Crippen LogP contribution in [-0.4, -0.2) is 30.9 Å². The van der Waals surface area contributed by atoms with Gasteiger partial charge in [0, 0.05) is 6.42 Å². The van der Waals surface area contributed by atoms with Crippen LogP contribution in [0.25, 0.3) is 0 Å². The molecule has 0 bridgehead atoms. The number of Topliss-reactive ketones (excluding diaryl/α,β-unsaturated/α-hetero) is 2. The summed E-state index contributed by atoms with van der Waals surface area (Å²) in [5, 5.41) is 0. The van der Waals surface area contributed by atoms with E-state index in [1.165, 1.54) is 0 Å². The number of carbonyl (C=O) groups is 2. The number of hydrogen-bond donors (Lipinski definition) is 0. The first-order valence-corrected chi connectivity index (χ1v) is 8.16. The molecule has 0 aromatic heterocycles. The molecule has 0 N–H and O–H groups in total. The zero-order valence-corrected chi connectivity index (χ0v) is 12.3. The van der Waals surface area contributed by atoms with Crippen molar-refractivity contribution in [3.63, 3.8) is 0 Å². The van der Waals surface area contributed by atoms with Crippen molar-refractivity contribution >= 4 is 19.2 Å². The van der Waals surface area contributed by atoms with Gasteiger partial charge in [0.2, 0.25) is 5.78 Å². The van der Waals surface area contributed by atoms with E-state index in [-0.39, 0.29) is 19.6 Å². The summed E-state index contributed by atoms with van der Waals surface area (Å²) in [6, 6.07) is 0. The molecular formula is C12H23O5P. The average molecular weight is 278 g/mol. The summed E-state index contributed by atoms with van der Waals surface area (Å²) in [5.41, 5.74) is 0. The molecule has 0 atom stereocenters. The third kappa shape index (κ3) is 7.04. The fourth-order valence-corrected chi connectivity index (χ4v) is 3.03. The number of ketones is 2. The molecule has 0 heterocycles. The van der Waals surface area contributed by atoms with Crippen LogP contribution in [-0.2, 0) is 23.2 Å². The highest BCUT2D eigenvalue weighted by molar-refractivity contribution is 7.55. The molecule has 0 amide bonds. The Bertz CT molecular complexity index is 304. The quantitative estimate of drug-likeness (QED) is 0.330. The van der Waals surface area contributed by atoms with E-state index in [0.29, 0.717) is 6.42 Å². The Morgan fingerprint density at radius 1 is 0.944 bits per heavy atom. The maximum atomic E-state index is 12.0. The van der Waals surface area contributed by atoms with Crippen LogP contribution in [0.2, 0.25) is 0 Å². The number of rotatable bonds is 11. The van der Waals surface area contributed by atoms with Gasteiger partial charge in [-0.25, -0.2) is 0 Å². The summed E-state index contributed by atoms with van der Waals surface area (Å²) in [7, 11) is -3.44. The second-order valence-electron chi connectivity index (χ2n) is 3.91. The fourth-order valence-electron chi connectivity index (χ4n) is 1.46. The van der Waals surface area contributed by atoms with Crippen LogP contribution in [0.15, 0.2) is 0 Å². The molecule has 0 aromatic carbocycles. The largest absolute Gasteiger partial charge is 0.338 e. The van der Waals surface area contributed by atoms with Gasteiger partial charge in [0.05, 0.1) is 13.2 Å². The van der Waals surface area contributed by atoms with Gasteiger partial charge in [-0.2, -0.15) is 0 Å². The molecule has 5 nitrogen and oxygen atoms in total. The highest BCUT2D eigenvalue weighted by Crippen LogP contribution is 2.47. The van der Waals surface area contributed by atoms with Gasteiger partial charge in [-0.3, -0.25) is 14.2 Å². The van der Waals surface area contributed by atoms with Crippen LogP contribution in [0.1, 0.15) is 46.5 Å². The molecule has 0 aliphatic carbocycles. The molecule has 0 unspecified atom stereocenters. The standard InChI is InChI=1S/C12H23O5P/c1-4-7-8-9-11(13)12(14)10-18(15,16-5-2)17-6-3/h4-10H2,1-3H3. The van der Waals surface area contributed by atoms with Crippen molar-refractivity contribution in [2.45, 2.75) is 46.5 Å². The lowest BCUT2D eigenvalue weighted by atomic mass is 10.1. The lowest BCUT2D eigenvalue weighted by Gasteiger charge is -2.15. The second kappa shape index (κ2) is 9.42. The molecule has 6 heteroatoms. The van der Waals surface area contributed by atoms with Crippen LogP contribution in [0.3, 0.4) is 0 Å². The molecule has 0 aliphatic heterocycles. The summed E-state index contributed by atoms with van der Waals surface area (Å²) in [4.78, 5) is 23.1.